The molecule has 2 fully saturated rings. The van der Waals surface area contributed by atoms with Gasteiger partial charge < -0.3 is 14.4 Å². The summed E-state index contributed by atoms with van der Waals surface area (Å²) in [4.78, 5) is 18.9. The van der Waals surface area contributed by atoms with Crippen molar-refractivity contribution in [2.75, 3.05) is 30.1 Å². The number of rotatable bonds is 6. The Hall–Kier alpha value is -2.52. The van der Waals surface area contributed by atoms with E-state index in [1.54, 1.807) is 7.11 Å². The number of nitrogens with zero attached hydrogens (tertiary/aromatic N) is 2. The van der Waals surface area contributed by atoms with Crippen molar-refractivity contribution in [3.8, 4) is 11.5 Å². The van der Waals surface area contributed by atoms with E-state index >= 15 is 0 Å². The zero-order chi connectivity index (χ0) is 22.0. The van der Waals surface area contributed by atoms with Crippen LogP contribution in [0.15, 0.2) is 53.5 Å². The summed E-state index contributed by atoms with van der Waals surface area (Å²) in [5, 5.41) is 0.414. The first-order chi connectivity index (χ1) is 14.9. The molecular formula is C22H24N2O5S2. The van der Waals surface area contributed by atoms with Crippen LogP contribution in [-0.4, -0.2) is 56.0 Å². The van der Waals surface area contributed by atoms with Crippen LogP contribution in [0, 0.1) is 0 Å². The Morgan fingerprint density at radius 1 is 1.10 bits per heavy atom. The molecule has 9 heteroatoms. The predicted molar refractivity (Wildman–Crippen MR) is 123 cm³/mol. The van der Waals surface area contributed by atoms with Crippen LogP contribution in [0.1, 0.15) is 12.5 Å². The largest absolute Gasteiger partial charge is 0.497 e. The number of fused-ring (bicyclic) bond motifs is 1. The third-order valence-corrected chi connectivity index (χ3v) is 8.44. The van der Waals surface area contributed by atoms with Crippen LogP contribution in [0.4, 0.5) is 5.69 Å². The van der Waals surface area contributed by atoms with Gasteiger partial charge in [-0.2, -0.15) is 4.99 Å². The quantitative estimate of drug-likeness (QED) is 0.655. The van der Waals surface area contributed by atoms with Gasteiger partial charge in [0.2, 0.25) is 0 Å². The molecule has 2 aliphatic rings. The smallest absolute Gasteiger partial charge is 0.252 e. The summed E-state index contributed by atoms with van der Waals surface area (Å²) in [6.45, 7) is 2.48. The summed E-state index contributed by atoms with van der Waals surface area (Å²) >= 11 is 1.37. The molecule has 4 rings (SSSR count). The molecule has 0 radical (unpaired) electrons. The lowest BCUT2D eigenvalue weighted by Gasteiger charge is -2.24. The number of hydrogen-bond donors (Lipinski definition) is 0. The van der Waals surface area contributed by atoms with Crippen LogP contribution < -0.4 is 14.4 Å². The van der Waals surface area contributed by atoms with Gasteiger partial charge in [-0.05, 0) is 48.9 Å². The highest BCUT2D eigenvalue weighted by molar-refractivity contribution is 8.16. The van der Waals surface area contributed by atoms with Crippen molar-refractivity contribution in [2.24, 2.45) is 4.99 Å². The Labute approximate surface area is 186 Å². The van der Waals surface area contributed by atoms with E-state index in [4.69, 9.17) is 9.47 Å². The van der Waals surface area contributed by atoms with E-state index in [1.807, 2.05) is 60.4 Å². The molecule has 2 saturated heterocycles. The van der Waals surface area contributed by atoms with Crippen LogP contribution >= 0.6 is 11.8 Å². The molecule has 0 spiro atoms. The highest BCUT2D eigenvalue weighted by atomic mass is 32.2. The van der Waals surface area contributed by atoms with E-state index in [9.17, 15) is 13.2 Å². The molecule has 164 valence electrons. The van der Waals surface area contributed by atoms with Gasteiger partial charge in [-0.25, -0.2) is 8.42 Å². The zero-order valence-corrected chi connectivity index (χ0v) is 19.0. The van der Waals surface area contributed by atoms with E-state index in [1.165, 1.54) is 11.8 Å². The van der Waals surface area contributed by atoms with Gasteiger partial charge >= 0.3 is 0 Å². The van der Waals surface area contributed by atoms with Crippen LogP contribution in [0.2, 0.25) is 0 Å². The number of hydrogen-bond acceptors (Lipinski definition) is 6. The van der Waals surface area contributed by atoms with Crippen LogP contribution in [-0.2, 0) is 21.1 Å². The minimum Gasteiger partial charge on any atom is -0.497 e. The number of ether oxygens (including phenoxy) is 2. The first-order valence-corrected chi connectivity index (χ1v) is 12.7. The van der Waals surface area contributed by atoms with E-state index in [-0.39, 0.29) is 35.1 Å². The lowest BCUT2D eigenvalue weighted by atomic mass is 10.1. The van der Waals surface area contributed by atoms with Crippen LogP contribution in [0.5, 0.6) is 11.5 Å². The summed E-state index contributed by atoms with van der Waals surface area (Å²) in [5.41, 5.74) is 1.64. The Morgan fingerprint density at radius 2 is 1.77 bits per heavy atom. The molecule has 1 amide bonds. The molecule has 31 heavy (non-hydrogen) atoms. The molecule has 0 aromatic heterocycles. The fourth-order valence-corrected chi connectivity index (χ4v) is 7.73. The number of carbonyl (C=O) groups is 1. The van der Waals surface area contributed by atoms with E-state index in [0.717, 1.165) is 22.7 Å². The second kappa shape index (κ2) is 8.92. The topological polar surface area (TPSA) is 85.3 Å². The number of carbonyl (C=O) groups excluding carboxylic acids is 1. The molecule has 2 aromatic rings. The summed E-state index contributed by atoms with van der Waals surface area (Å²) in [7, 11) is -1.52. The Bertz CT molecular complexity index is 1080. The maximum atomic E-state index is 12.7. The lowest BCUT2D eigenvalue weighted by Crippen LogP contribution is -2.37. The third-order valence-electron chi connectivity index (χ3n) is 5.23. The van der Waals surface area contributed by atoms with Crippen molar-refractivity contribution in [1.82, 2.24) is 0 Å². The maximum absolute atomic E-state index is 12.7. The van der Waals surface area contributed by atoms with Crippen LogP contribution in [0.25, 0.3) is 0 Å². The van der Waals surface area contributed by atoms with Crippen molar-refractivity contribution < 1.29 is 22.7 Å². The Balaban J connectivity index is 1.59. The van der Waals surface area contributed by atoms with Gasteiger partial charge in [0.05, 0.1) is 37.7 Å². The first-order valence-electron chi connectivity index (χ1n) is 10.0. The van der Waals surface area contributed by atoms with Gasteiger partial charge in [0.15, 0.2) is 15.0 Å². The van der Waals surface area contributed by atoms with Gasteiger partial charge in [0.1, 0.15) is 11.5 Å². The first kappa shape index (κ1) is 21.7. The number of methoxy groups -OCH3 is 1. The third kappa shape index (κ3) is 4.88. The monoisotopic (exact) mass is 460 g/mol. The average Bonchev–Trinajstić information content (AvgIpc) is 3.20. The number of aliphatic imine (C=N–C) groups is 1. The van der Waals surface area contributed by atoms with E-state index in [2.05, 4.69) is 4.99 Å². The number of sulfone groups is 1. The highest BCUT2D eigenvalue weighted by Crippen LogP contribution is 2.41. The molecule has 2 aromatic carbocycles. The molecule has 0 bridgehead atoms. The molecule has 0 N–H and O–H groups in total. The van der Waals surface area contributed by atoms with Crippen molar-refractivity contribution in [3.63, 3.8) is 0 Å². The van der Waals surface area contributed by atoms with Crippen molar-refractivity contribution >= 4 is 38.4 Å². The van der Waals surface area contributed by atoms with E-state index < -0.39 is 9.84 Å². The van der Waals surface area contributed by atoms with Gasteiger partial charge in [-0.1, -0.05) is 23.9 Å². The Morgan fingerprint density at radius 3 is 2.42 bits per heavy atom. The van der Waals surface area contributed by atoms with Crippen molar-refractivity contribution in [2.45, 2.75) is 24.6 Å². The highest BCUT2D eigenvalue weighted by Gasteiger charge is 2.49. The fourth-order valence-electron chi connectivity index (χ4n) is 3.80. The standard InChI is InChI=1S/C22H24N2O5S2/c1-3-29-18-10-6-16(7-11-18)24-19-13-31(26,27)14-20(19)30-22(24)23-21(25)12-15-4-8-17(28-2)9-5-15/h4-11,19-20H,3,12-14H2,1-2H3/t19-,20-/m1/s1. The molecule has 0 unspecified atom stereocenters. The molecule has 7 nitrogen and oxygen atoms in total. The normalized spacial score (nSPS) is 23.0. The SMILES string of the molecule is CCOc1ccc(N2C(=NC(=O)Cc3ccc(OC)cc3)S[C@@H]3CS(=O)(=O)C[C@H]32)cc1. The van der Waals surface area contributed by atoms with Crippen molar-refractivity contribution in [3.05, 3.63) is 54.1 Å². The van der Waals surface area contributed by atoms with Gasteiger partial charge in [-0.3, -0.25) is 4.79 Å². The van der Waals surface area contributed by atoms with Crippen molar-refractivity contribution in [1.29, 1.82) is 0 Å². The van der Waals surface area contributed by atoms with Gasteiger partial charge in [0.25, 0.3) is 5.91 Å². The van der Waals surface area contributed by atoms with Gasteiger partial charge in [0, 0.05) is 10.9 Å². The number of thioether (sulfide) groups is 1. The summed E-state index contributed by atoms with van der Waals surface area (Å²) < 4.78 is 35.1. The maximum Gasteiger partial charge on any atom is 0.252 e. The summed E-state index contributed by atoms with van der Waals surface area (Å²) in [6.07, 6.45) is 0.165. The number of benzene rings is 2. The average molecular weight is 461 g/mol. The number of anilines is 1. The fraction of sp³-hybridized carbons (Fsp3) is 0.364. The minimum atomic E-state index is -3.11. The molecule has 2 heterocycles. The lowest BCUT2D eigenvalue weighted by molar-refractivity contribution is -0.117. The Kier molecular flexibility index (Phi) is 6.24. The van der Waals surface area contributed by atoms with E-state index in [0.29, 0.717) is 11.8 Å². The number of amidine groups is 1. The van der Waals surface area contributed by atoms with Gasteiger partial charge in [-0.15, -0.1) is 0 Å². The van der Waals surface area contributed by atoms with Crippen LogP contribution in [0.3, 0.4) is 0 Å². The molecule has 0 saturated carbocycles. The zero-order valence-electron chi connectivity index (χ0n) is 17.4. The second-order valence-electron chi connectivity index (χ2n) is 7.41. The molecule has 0 aliphatic carbocycles. The minimum absolute atomic E-state index is 0.0591. The molecular weight excluding hydrogens is 436 g/mol. The summed E-state index contributed by atoms with van der Waals surface area (Å²) in [6, 6.07) is 14.5. The predicted octanol–water partition coefficient (Wildman–Crippen LogP) is 2.94. The summed E-state index contributed by atoms with van der Waals surface area (Å²) in [5.74, 6) is 1.35. The molecule has 2 atom stereocenters. The molecule has 2 aliphatic heterocycles. The second-order valence-corrected chi connectivity index (χ2v) is 10.8. The number of amides is 1.